The maximum absolute atomic E-state index is 13.3. The number of nitrogens with one attached hydrogen (secondary N) is 1. The maximum Gasteiger partial charge on any atom is 0.271 e. The molecule has 5 nitrogen and oxygen atoms in total. The lowest BCUT2D eigenvalue weighted by atomic mass is 9.95. The number of amides is 1. The lowest BCUT2D eigenvalue weighted by Crippen LogP contribution is -2.40. The Hall–Kier alpha value is -3.20. The van der Waals surface area contributed by atoms with Crippen LogP contribution in [0.4, 0.5) is 10.1 Å². The van der Waals surface area contributed by atoms with Crippen molar-refractivity contribution < 1.29 is 14.0 Å². The summed E-state index contributed by atoms with van der Waals surface area (Å²) in [5.41, 5.74) is 0.852. The van der Waals surface area contributed by atoms with Crippen LogP contribution in [-0.4, -0.2) is 17.2 Å². The van der Waals surface area contributed by atoms with Gasteiger partial charge in [0.05, 0.1) is 17.3 Å². The lowest BCUT2D eigenvalue weighted by molar-refractivity contribution is -0.135. The quantitative estimate of drug-likeness (QED) is 0.942. The Bertz CT molecular complexity index is 873. The number of halogens is 1. The first-order valence-electron chi connectivity index (χ1n) is 7.33. The minimum atomic E-state index is -1.19. The van der Waals surface area contributed by atoms with Gasteiger partial charge < -0.3 is 10.2 Å². The second-order valence-electron chi connectivity index (χ2n) is 5.69. The third-order valence-corrected chi connectivity index (χ3v) is 3.75. The summed E-state index contributed by atoms with van der Waals surface area (Å²) < 4.78 is 13.3. The van der Waals surface area contributed by atoms with E-state index in [9.17, 15) is 9.18 Å². The summed E-state index contributed by atoms with van der Waals surface area (Å²) in [7, 11) is 0. The Morgan fingerprint density at radius 1 is 1.33 bits per heavy atom. The van der Waals surface area contributed by atoms with Crippen molar-refractivity contribution in [2.45, 2.75) is 18.9 Å². The number of benzene rings is 2. The molecule has 1 aliphatic heterocycles. The third-order valence-electron chi connectivity index (χ3n) is 3.75. The van der Waals surface area contributed by atoms with Gasteiger partial charge in [-0.25, -0.2) is 4.39 Å². The van der Waals surface area contributed by atoms with Crippen LogP contribution in [0, 0.1) is 17.1 Å². The molecule has 24 heavy (non-hydrogen) atoms. The molecular formula is C18H14FN3O2. The van der Waals surface area contributed by atoms with E-state index >= 15 is 0 Å². The Kier molecular flexibility index (Phi) is 4.00. The molecule has 0 aromatic heterocycles. The first kappa shape index (κ1) is 15.7. The Morgan fingerprint density at radius 2 is 2.12 bits per heavy atom. The molecule has 1 heterocycles. The van der Waals surface area contributed by atoms with Crippen LogP contribution in [0.1, 0.15) is 24.5 Å². The summed E-state index contributed by atoms with van der Waals surface area (Å²) in [6.45, 7) is 1.62. The number of hydrogen-bond donors (Lipinski definition) is 1. The maximum atomic E-state index is 13.3. The van der Waals surface area contributed by atoms with Crippen LogP contribution in [0.5, 0.6) is 0 Å². The predicted octanol–water partition coefficient (Wildman–Crippen LogP) is 3.22. The number of nitrogens with zero attached hydrogens (tertiary/aromatic N) is 2. The first-order chi connectivity index (χ1) is 11.5. The van der Waals surface area contributed by atoms with Crippen molar-refractivity contribution in [1.29, 1.82) is 5.26 Å². The van der Waals surface area contributed by atoms with E-state index in [-0.39, 0.29) is 18.1 Å². The van der Waals surface area contributed by atoms with Crippen molar-refractivity contribution in [1.82, 2.24) is 0 Å². The minimum Gasteiger partial charge on any atom is -0.379 e. The molecule has 2 aromatic carbocycles. The van der Waals surface area contributed by atoms with Gasteiger partial charge in [0.25, 0.3) is 5.91 Å². The number of nitriles is 1. The van der Waals surface area contributed by atoms with E-state index in [0.717, 1.165) is 0 Å². The fraction of sp³-hybridized carbons (Fsp3) is 0.167. The molecular weight excluding hydrogens is 309 g/mol. The van der Waals surface area contributed by atoms with Crippen molar-refractivity contribution in [2.75, 3.05) is 5.32 Å². The second kappa shape index (κ2) is 6.13. The van der Waals surface area contributed by atoms with Crippen molar-refractivity contribution in [3.05, 3.63) is 65.5 Å². The van der Waals surface area contributed by atoms with Crippen LogP contribution in [0.3, 0.4) is 0 Å². The number of carbonyl (C=O) groups excluding carboxylic acids is 1. The largest absolute Gasteiger partial charge is 0.379 e. The van der Waals surface area contributed by atoms with E-state index in [1.54, 1.807) is 43.3 Å². The van der Waals surface area contributed by atoms with Gasteiger partial charge in [0.2, 0.25) is 5.60 Å². The molecule has 3 rings (SSSR count). The summed E-state index contributed by atoms with van der Waals surface area (Å²) in [4.78, 5) is 17.8. The SMILES string of the molecule is C[C@]1(C(=O)Nc2cccc(C#N)c2)CC(c2cccc(F)c2)=NO1. The summed E-state index contributed by atoms with van der Waals surface area (Å²) in [5, 5.41) is 15.6. The van der Waals surface area contributed by atoms with Crippen LogP contribution in [0.15, 0.2) is 53.7 Å². The third kappa shape index (κ3) is 3.10. The second-order valence-corrected chi connectivity index (χ2v) is 5.69. The zero-order chi connectivity index (χ0) is 17.2. The minimum absolute atomic E-state index is 0.222. The van der Waals surface area contributed by atoms with E-state index in [4.69, 9.17) is 10.1 Å². The average molecular weight is 323 g/mol. The number of anilines is 1. The van der Waals surface area contributed by atoms with Crippen molar-refractivity contribution in [3.8, 4) is 6.07 Å². The van der Waals surface area contributed by atoms with Gasteiger partial charge >= 0.3 is 0 Å². The van der Waals surface area contributed by atoms with E-state index in [1.807, 2.05) is 6.07 Å². The molecule has 120 valence electrons. The highest BCUT2D eigenvalue weighted by atomic mass is 19.1. The average Bonchev–Trinajstić information content (AvgIpc) is 2.99. The van der Waals surface area contributed by atoms with Crippen LogP contribution < -0.4 is 5.32 Å². The molecule has 0 spiro atoms. The summed E-state index contributed by atoms with van der Waals surface area (Å²) >= 11 is 0. The van der Waals surface area contributed by atoms with Crippen LogP contribution in [-0.2, 0) is 9.63 Å². The van der Waals surface area contributed by atoms with Crippen LogP contribution >= 0.6 is 0 Å². The molecule has 0 fully saturated rings. The zero-order valence-electron chi connectivity index (χ0n) is 12.9. The molecule has 0 unspecified atom stereocenters. The number of carbonyl (C=O) groups is 1. The van der Waals surface area contributed by atoms with E-state index in [1.165, 1.54) is 12.1 Å². The lowest BCUT2D eigenvalue weighted by Gasteiger charge is -2.20. The van der Waals surface area contributed by atoms with Crippen LogP contribution in [0.2, 0.25) is 0 Å². The van der Waals surface area contributed by atoms with Gasteiger partial charge in [-0.1, -0.05) is 23.4 Å². The molecule has 0 aliphatic carbocycles. The molecule has 1 atom stereocenters. The molecule has 0 radical (unpaired) electrons. The van der Waals surface area contributed by atoms with Gasteiger partial charge in [-0.2, -0.15) is 5.26 Å². The highest BCUT2D eigenvalue weighted by Crippen LogP contribution is 2.28. The zero-order valence-corrected chi connectivity index (χ0v) is 12.9. The van der Waals surface area contributed by atoms with Gasteiger partial charge in [-0.05, 0) is 37.3 Å². The van der Waals surface area contributed by atoms with Gasteiger partial charge in [0.15, 0.2) is 0 Å². The smallest absolute Gasteiger partial charge is 0.271 e. The highest BCUT2D eigenvalue weighted by molar-refractivity contribution is 6.07. The topological polar surface area (TPSA) is 74.5 Å². The van der Waals surface area contributed by atoms with Crippen molar-refractivity contribution in [2.24, 2.45) is 5.16 Å². The van der Waals surface area contributed by atoms with Gasteiger partial charge in [0.1, 0.15) is 5.82 Å². The Labute approximate surface area is 138 Å². The van der Waals surface area contributed by atoms with Crippen molar-refractivity contribution in [3.63, 3.8) is 0 Å². The first-order valence-corrected chi connectivity index (χ1v) is 7.33. The number of hydrogen-bond acceptors (Lipinski definition) is 4. The monoisotopic (exact) mass is 323 g/mol. The fourth-order valence-electron chi connectivity index (χ4n) is 2.41. The number of oxime groups is 1. The van der Waals surface area contributed by atoms with Gasteiger partial charge in [-0.15, -0.1) is 0 Å². The molecule has 1 N–H and O–H groups in total. The molecule has 2 aromatic rings. The molecule has 6 heteroatoms. The summed E-state index contributed by atoms with van der Waals surface area (Å²) in [5.74, 6) is -0.755. The van der Waals surface area contributed by atoms with Gasteiger partial charge in [-0.3, -0.25) is 4.79 Å². The molecule has 1 aliphatic rings. The van der Waals surface area contributed by atoms with E-state index < -0.39 is 5.60 Å². The molecule has 0 bridgehead atoms. The summed E-state index contributed by atoms with van der Waals surface area (Å²) in [6, 6.07) is 14.6. The van der Waals surface area contributed by atoms with Gasteiger partial charge in [0, 0.05) is 17.7 Å². The fourth-order valence-corrected chi connectivity index (χ4v) is 2.41. The molecule has 0 saturated heterocycles. The van der Waals surface area contributed by atoms with E-state index in [2.05, 4.69) is 10.5 Å². The standard InChI is InChI=1S/C18H14FN3O2/c1-18(17(23)21-15-7-2-4-12(8-15)11-20)10-16(22-24-18)13-5-3-6-14(19)9-13/h2-9H,10H2,1H3,(H,21,23)/t18-/m1/s1. The van der Waals surface area contributed by atoms with Crippen molar-refractivity contribution >= 4 is 17.3 Å². The summed E-state index contributed by atoms with van der Waals surface area (Å²) in [6.07, 6.45) is 0.222. The Balaban J connectivity index is 1.73. The normalized spacial score (nSPS) is 19.1. The van der Waals surface area contributed by atoms with E-state index in [0.29, 0.717) is 22.5 Å². The number of rotatable bonds is 3. The van der Waals surface area contributed by atoms with Crippen LogP contribution in [0.25, 0.3) is 0 Å². The predicted molar refractivity (Wildman–Crippen MR) is 86.8 cm³/mol. The molecule has 0 saturated carbocycles. The molecule has 1 amide bonds. The highest BCUT2D eigenvalue weighted by Gasteiger charge is 2.42. The Morgan fingerprint density at radius 3 is 2.88 bits per heavy atom.